The van der Waals surface area contributed by atoms with Crippen molar-refractivity contribution in [3.05, 3.63) is 29.3 Å². The normalized spacial score (nSPS) is 19.0. The van der Waals surface area contributed by atoms with Crippen molar-refractivity contribution in [3.8, 4) is 0 Å². The summed E-state index contributed by atoms with van der Waals surface area (Å²) in [5.74, 6) is -2.63. The van der Waals surface area contributed by atoms with E-state index in [4.69, 9.17) is 9.84 Å². The monoisotopic (exact) mass is 406 g/mol. The number of fused-ring (bicyclic) bond motifs is 1. The molecule has 0 aliphatic carbocycles. The topological polar surface area (TPSA) is 130 Å². The first kappa shape index (κ1) is 20.0. The maximum absolute atomic E-state index is 12.9. The molecule has 2 aliphatic heterocycles. The summed E-state index contributed by atoms with van der Waals surface area (Å²) in [6, 6.07) is 3.91. The average Bonchev–Trinajstić information content (AvgIpc) is 2.90. The van der Waals surface area contributed by atoms with Gasteiger partial charge in [-0.25, -0.2) is 0 Å². The summed E-state index contributed by atoms with van der Waals surface area (Å²) in [6.07, 6.45) is 0.0917. The lowest BCUT2D eigenvalue weighted by molar-refractivity contribution is -0.138. The number of aliphatic carboxylic acids is 1. The molecule has 0 bridgehead atoms. The van der Waals surface area contributed by atoms with Crippen LogP contribution in [0.1, 0.15) is 40.0 Å². The molecular weight excluding hydrogens is 388 g/mol. The molecule has 0 saturated carbocycles. The third kappa shape index (κ3) is 4.07. The van der Waals surface area contributed by atoms with Gasteiger partial charge in [-0.3, -0.25) is 34.2 Å². The molecule has 1 unspecified atom stereocenters. The number of hydrogen-bond acceptors (Lipinski definition) is 7. The van der Waals surface area contributed by atoms with Crippen LogP contribution >= 0.6 is 11.8 Å². The Labute approximate surface area is 164 Å². The second-order valence-electron chi connectivity index (χ2n) is 6.23. The van der Waals surface area contributed by atoms with Crippen molar-refractivity contribution in [2.75, 3.05) is 19.0 Å². The van der Waals surface area contributed by atoms with E-state index in [0.29, 0.717) is 17.3 Å². The Balaban J connectivity index is 1.69. The molecule has 0 spiro atoms. The number of ether oxygens (including phenoxy) is 1. The van der Waals surface area contributed by atoms with E-state index in [1.54, 1.807) is 12.1 Å². The van der Waals surface area contributed by atoms with Gasteiger partial charge in [0.2, 0.25) is 11.8 Å². The molecule has 1 saturated heterocycles. The molecule has 3 rings (SSSR count). The highest BCUT2D eigenvalue weighted by atomic mass is 32.2. The number of carbonyl (C=O) groups excluding carboxylic acids is 4. The first-order valence-electron chi connectivity index (χ1n) is 8.67. The summed E-state index contributed by atoms with van der Waals surface area (Å²) in [5, 5.41) is 10.7. The van der Waals surface area contributed by atoms with E-state index in [1.165, 1.54) is 17.8 Å². The van der Waals surface area contributed by atoms with Gasteiger partial charge in [-0.05, 0) is 18.6 Å². The maximum Gasteiger partial charge on any atom is 0.305 e. The highest BCUT2D eigenvalue weighted by molar-refractivity contribution is 7.99. The summed E-state index contributed by atoms with van der Waals surface area (Å²) in [7, 11) is 0. The average molecular weight is 406 g/mol. The van der Waals surface area contributed by atoms with Crippen molar-refractivity contribution < 1.29 is 33.8 Å². The lowest BCUT2D eigenvalue weighted by Gasteiger charge is -2.27. The number of nitrogens with zero attached hydrogens (tertiary/aromatic N) is 1. The van der Waals surface area contributed by atoms with Crippen LogP contribution in [0.3, 0.4) is 0 Å². The van der Waals surface area contributed by atoms with Gasteiger partial charge < -0.3 is 9.84 Å². The van der Waals surface area contributed by atoms with Gasteiger partial charge in [0.25, 0.3) is 11.8 Å². The molecule has 9 nitrogen and oxygen atoms in total. The number of carboxylic acid groups (broad SMARTS) is 1. The fourth-order valence-corrected chi connectivity index (χ4v) is 4.01. The predicted octanol–water partition coefficient (Wildman–Crippen LogP) is 0.671. The molecule has 2 N–H and O–H groups in total. The number of benzene rings is 1. The Hall–Kier alpha value is -2.72. The maximum atomic E-state index is 12.9. The minimum Gasteiger partial charge on any atom is -0.481 e. The van der Waals surface area contributed by atoms with Gasteiger partial charge in [0, 0.05) is 17.1 Å². The first-order valence-corrected chi connectivity index (χ1v) is 9.65. The largest absolute Gasteiger partial charge is 0.481 e. The van der Waals surface area contributed by atoms with Crippen molar-refractivity contribution >= 4 is 41.4 Å². The third-order valence-electron chi connectivity index (χ3n) is 4.38. The molecule has 148 valence electrons. The van der Waals surface area contributed by atoms with Crippen LogP contribution in [0, 0.1) is 0 Å². The zero-order valence-corrected chi connectivity index (χ0v) is 15.6. The van der Waals surface area contributed by atoms with E-state index >= 15 is 0 Å². The zero-order valence-electron chi connectivity index (χ0n) is 14.8. The number of carbonyl (C=O) groups is 5. The lowest BCUT2D eigenvalue weighted by Crippen LogP contribution is -2.54. The number of piperidine rings is 1. The van der Waals surface area contributed by atoms with Crippen molar-refractivity contribution in [1.29, 1.82) is 0 Å². The number of imide groups is 2. The number of thioether (sulfide) groups is 1. The Morgan fingerprint density at radius 2 is 2.00 bits per heavy atom. The Kier molecular flexibility index (Phi) is 6.10. The minimum absolute atomic E-state index is 0.0686. The summed E-state index contributed by atoms with van der Waals surface area (Å²) in [5.41, 5.74) is 0.472. The van der Waals surface area contributed by atoms with Gasteiger partial charge in [0.05, 0.1) is 30.8 Å². The zero-order chi connectivity index (χ0) is 20.3. The third-order valence-corrected chi connectivity index (χ3v) is 5.40. The second kappa shape index (κ2) is 8.53. The standard InChI is InChI=1S/C18H18N2O7S/c21-13-5-4-11(16(24)19-13)20-17(25)10-2-1-3-12(15(10)18(20)26)28-9-8-27-7-6-14(22)23/h1-3,11H,4-9H2,(H,22,23)(H,19,21,24). The molecule has 10 heteroatoms. The van der Waals surface area contributed by atoms with Crippen molar-refractivity contribution in [2.24, 2.45) is 0 Å². The number of hydrogen-bond donors (Lipinski definition) is 2. The molecule has 0 aromatic heterocycles. The van der Waals surface area contributed by atoms with Gasteiger partial charge in [-0.15, -0.1) is 11.8 Å². The number of rotatable bonds is 8. The van der Waals surface area contributed by atoms with Crippen LogP contribution in [0.5, 0.6) is 0 Å². The Morgan fingerprint density at radius 1 is 1.21 bits per heavy atom. The molecule has 4 amide bonds. The van der Waals surface area contributed by atoms with Crippen molar-refractivity contribution in [2.45, 2.75) is 30.2 Å². The van der Waals surface area contributed by atoms with E-state index in [1.807, 2.05) is 0 Å². The number of carboxylic acids is 1. The molecular formula is C18H18N2O7S. The molecule has 1 fully saturated rings. The molecule has 1 aromatic rings. The van der Waals surface area contributed by atoms with Crippen molar-refractivity contribution in [1.82, 2.24) is 10.2 Å². The predicted molar refractivity (Wildman–Crippen MR) is 96.9 cm³/mol. The highest BCUT2D eigenvalue weighted by Gasteiger charge is 2.45. The summed E-state index contributed by atoms with van der Waals surface area (Å²) in [6.45, 7) is 0.393. The van der Waals surface area contributed by atoms with E-state index in [9.17, 15) is 24.0 Å². The summed E-state index contributed by atoms with van der Waals surface area (Å²) in [4.78, 5) is 61.0. The fraction of sp³-hybridized carbons (Fsp3) is 0.389. The number of nitrogens with one attached hydrogen (secondary N) is 1. The van der Waals surface area contributed by atoms with Crippen LogP contribution in [-0.4, -0.2) is 64.6 Å². The molecule has 1 atom stereocenters. The van der Waals surface area contributed by atoms with Gasteiger partial charge in [-0.1, -0.05) is 6.07 Å². The molecule has 0 radical (unpaired) electrons. The van der Waals surface area contributed by atoms with E-state index in [-0.39, 0.29) is 37.0 Å². The minimum atomic E-state index is -0.998. The van der Waals surface area contributed by atoms with Crippen LogP contribution < -0.4 is 5.32 Å². The molecule has 28 heavy (non-hydrogen) atoms. The van der Waals surface area contributed by atoms with Gasteiger partial charge in [0.1, 0.15) is 6.04 Å². The van der Waals surface area contributed by atoms with Crippen LogP contribution in [-0.2, 0) is 19.1 Å². The second-order valence-corrected chi connectivity index (χ2v) is 7.37. The van der Waals surface area contributed by atoms with Gasteiger partial charge in [-0.2, -0.15) is 0 Å². The fourth-order valence-electron chi connectivity index (χ4n) is 3.08. The van der Waals surface area contributed by atoms with Gasteiger partial charge >= 0.3 is 5.97 Å². The smallest absolute Gasteiger partial charge is 0.305 e. The van der Waals surface area contributed by atoms with Crippen LogP contribution in [0.15, 0.2) is 23.1 Å². The van der Waals surface area contributed by atoms with E-state index in [2.05, 4.69) is 5.32 Å². The van der Waals surface area contributed by atoms with E-state index < -0.39 is 35.6 Å². The molecule has 2 heterocycles. The SMILES string of the molecule is O=C(O)CCOCCSc1cccc2c1C(=O)N(C1CCC(=O)NC1=O)C2=O. The van der Waals surface area contributed by atoms with Crippen LogP contribution in [0.2, 0.25) is 0 Å². The molecule has 1 aromatic carbocycles. The van der Waals surface area contributed by atoms with E-state index in [0.717, 1.165) is 4.90 Å². The summed E-state index contributed by atoms with van der Waals surface area (Å²) < 4.78 is 5.23. The van der Waals surface area contributed by atoms with Crippen LogP contribution in [0.25, 0.3) is 0 Å². The summed E-state index contributed by atoms with van der Waals surface area (Å²) >= 11 is 1.31. The number of amides is 4. The molecule has 2 aliphatic rings. The van der Waals surface area contributed by atoms with Crippen molar-refractivity contribution in [3.63, 3.8) is 0 Å². The Bertz CT molecular complexity index is 854. The first-order chi connectivity index (χ1) is 13.4. The lowest BCUT2D eigenvalue weighted by atomic mass is 10.0. The Morgan fingerprint density at radius 3 is 2.71 bits per heavy atom. The quantitative estimate of drug-likeness (QED) is 0.366. The highest BCUT2D eigenvalue weighted by Crippen LogP contribution is 2.34. The van der Waals surface area contributed by atoms with Gasteiger partial charge in [0.15, 0.2) is 0 Å². The van der Waals surface area contributed by atoms with Crippen LogP contribution in [0.4, 0.5) is 0 Å².